The predicted molar refractivity (Wildman–Crippen MR) is 170 cm³/mol. The minimum Gasteiger partial charge on any atom is -0.473 e. The zero-order valence-corrected chi connectivity index (χ0v) is 25.3. The van der Waals surface area contributed by atoms with Crippen molar-refractivity contribution >= 4 is 22.8 Å². The van der Waals surface area contributed by atoms with Crippen molar-refractivity contribution in [3.05, 3.63) is 108 Å². The first-order valence-corrected chi connectivity index (χ1v) is 14.9. The Morgan fingerprint density at radius 2 is 1.45 bits per heavy atom. The van der Waals surface area contributed by atoms with Crippen molar-refractivity contribution in [3.8, 4) is 17.4 Å². The largest absolute Gasteiger partial charge is 0.473 e. The summed E-state index contributed by atoms with van der Waals surface area (Å²) in [6, 6.07) is 30.1. The van der Waals surface area contributed by atoms with Crippen LogP contribution in [0.15, 0.2) is 97.3 Å². The van der Waals surface area contributed by atoms with Gasteiger partial charge in [0.05, 0.1) is 11.0 Å². The summed E-state index contributed by atoms with van der Waals surface area (Å²) in [6.07, 6.45) is 1.54. The number of rotatable bonds is 8. The fourth-order valence-electron chi connectivity index (χ4n) is 5.11. The van der Waals surface area contributed by atoms with Gasteiger partial charge in [-0.05, 0) is 56.2 Å². The number of benzene rings is 3. The molecule has 44 heavy (non-hydrogen) atoms. The van der Waals surface area contributed by atoms with E-state index in [4.69, 9.17) is 24.2 Å². The summed E-state index contributed by atoms with van der Waals surface area (Å²) < 4.78 is 19.8. The molecule has 1 saturated heterocycles. The lowest BCUT2D eigenvalue weighted by Gasteiger charge is -2.36. The number of imidazole rings is 1. The van der Waals surface area contributed by atoms with Crippen LogP contribution in [0.2, 0.25) is 0 Å². The lowest BCUT2D eigenvalue weighted by Crippen LogP contribution is -2.50. The number of piperazine rings is 1. The first kappa shape index (κ1) is 29.0. The Hall–Kier alpha value is -5.05. The fraction of sp³-hybridized carbons (Fsp3) is 0.286. The predicted octanol–water partition coefficient (Wildman–Crippen LogP) is 6.64. The third-order valence-electron chi connectivity index (χ3n) is 7.35. The first-order valence-electron chi connectivity index (χ1n) is 14.9. The molecule has 0 N–H and O–H groups in total. The van der Waals surface area contributed by atoms with Gasteiger partial charge < -0.3 is 24.0 Å². The average Bonchev–Trinajstić information content (AvgIpc) is 3.46. The Labute approximate surface area is 257 Å². The van der Waals surface area contributed by atoms with Crippen molar-refractivity contribution in [1.29, 1.82) is 0 Å². The number of ether oxygens (including phenoxy) is 3. The van der Waals surface area contributed by atoms with Crippen molar-refractivity contribution in [2.24, 2.45) is 0 Å². The number of carbonyl (C=O) groups is 1. The molecule has 1 fully saturated rings. The summed E-state index contributed by atoms with van der Waals surface area (Å²) in [6.45, 7) is 9.09. The van der Waals surface area contributed by atoms with Gasteiger partial charge in [0.15, 0.2) is 0 Å². The maximum atomic E-state index is 12.5. The molecular weight excluding hydrogens is 554 g/mol. The van der Waals surface area contributed by atoms with E-state index in [9.17, 15) is 4.79 Å². The minimum absolute atomic E-state index is 0.262. The van der Waals surface area contributed by atoms with E-state index in [2.05, 4.69) is 23.1 Å². The monoisotopic (exact) mass is 591 g/mol. The highest BCUT2D eigenvalue weighted by molar-refractivity contribution is 5.82. The van der Waals surface area contributed by atoms with Crippen LogP contribution in [-0.2, 0) is 18.0 Å². The van der Waals surface area contributed by atoms with Gasteiger partial charge in [0.25, 0.3) is 0 Å². The highest BCUT2D eigenvalue weighted by Gasteiger charge is 2.26. The first-order chi connectivity index (χ1) is 21.3. The quantitative estimate of drug-likeness (QED) is 0.200. The number of aromatic nitrogens is 3. The average molecular weight is 592 g/mol. The molecule has 1 aliphatic rings. The number of nitrogens with zero attached hydrogens (tertiary/aromatic N) is 5. The van der Waals surface area contributed by atoms with Crippen LogP contribution < -0.4 is 14.4 Å². The van der Waals surface area contributed by atoms with Crippen molar-refractivity contribution in [2.45, 2.75) is 39.6 Å². The second-order valence-electron chi connectivity index (χ2n) is 11.8. The Kier molecular flexibility index (Phi) is 8.36. The van der Waals surface area contributed by atoms with Gasteiger partial charge in [-0.1, -0.05) is 60.7 Å². The maximum absolute atomic E-state index is 12.5. The summed E-state index contributed by atoms with van der Waals surface area (Å²) in [7, 11) is 0. The SMILES string of the molecule is CC(C)(C)OC(=O)N1CCN(c2ccc3c(c2)ncn3-c2ccc(OCc3ccccc3)nc2OCc2ccccc2)CC1. The highest BCUT2D eigenvalue weighted by Crippen LogP contribution is 2.30. The molecule has 9 nitrogen and oxygen atoms in total. The molecule has 5 aromatic rings. The van der Waals surface area contributed by atoms with E-state index in [0.29, 0.717) is 38.1 Å². The number of hydrogen-bond acceptors (Lipinski definition) is 7. The lowest BCUT2D eigenvalue weighted by atomic mass is 10.2. The van der Waals surface area contributed by atoms with Gasteiger partial charge in [-0.15, -0.1) is 0 Å². The number of fused-ring (bicyclic) bond motifs is 1. The van der Waals surface area contributed by atoms with Gasteiger partial charge in [-0.2, -0.15) is 4.98 Å². The molecule has 3 aromatic carbocycles. The Morgan fingerprint density at radius 3 is 2.11 bits per heavy atom. The van der Waals surface area contributed by atoms with Gasteiger partial charge >= 0.3 is 6.09 Å². The third kappa shape index (κ3) is 6.94. The second kappa shape index (κ2) is 12.7. The number of pyridine rings is 1. The van der Waals surface area contributed by atoms with Crippen LogP contribution >= 0.6 is 0 Å². The fourth-order valence-corrected chi connectivity index (χ4v) is 5.11. The van der Waals surface area contributed by atoms with Crippen LogP contribution in [0, 0.1) is 0 Å². The minimum atomic E-state index is -0.504. The molecule has 6 rings (SSSR count). The van der Waals surface area contributed by atoms with Gasteiger partial charge in [0.1, 0.15) is 30.8 Å². The zero-order valence-electron chi connectivity index (χ0n) is 25.3. The summed E-state index contributed by atoms with van der Waals surface area (Å²) in [5.41, 5.74) is 5.23. The summed E-state index contributed by atoms with van der Waals surface area (Å²) in [5.74, 6) is 0.943. The zero-order chi connectivity index (χ0) is 30.5. The Morgan fingerprint density at radius 1 is 0.795 bits per heavy atom. The summed E-state index contributed by atoms with van der Waals surface area (Å²) >= 11 is 0. The van der Waals surface area contributed by atoms with Gasteiger partial charge in [-0.3, -0.25) is 4.57 Å². The van der Waals surface area contributed by atoms with Crippen LogP contribution in [0.5, 0.6) is 11.8 Å². The Balaban J connectivity index is 1.21. The maximum Gasteiger partial charge on any atom is 0.410 e. The van der Waals surface area contributed by atoms with Gasteiger partial charge in [0, 0.05) is 37.9 Å². The summed E-state index contributed by atoms with van der Waals surface area (Å²) in [4.78, 5) is 26.0. The second-order valence-corrected chi connectivity index (χ2v) is 11.8. The molecule has 0 radical (unpaired) electrons. The van der Waals surface area contributed by atoms with Crippen molar-refractivity contribution < 1.29 is 19.0 Å². The van der Waals surface area contributed by atoms with E-state index in [1.807, 2.05) is 98.1 Å². The van der Waals surface area contributed by atoms with E-state index >= 15 is 0 Å². The van der Waals surface area contributed by atoms with Gasteiger partial charge in [0.2, 0.25) is 11.8 Å². The summed E-state index contributed by atoms with van der Waals surface area (Å²) in [5, 5.41) is 0. The van der Waals surface area contributed by atoms with E-state index < -0.39 is 5.60 Å². The van der Waals surface area contributed by atoms with E-state index in [0.717, 1.165) is 46.6 Å². The van der Waals surface area contributed by atoms with E-state index in [-0.39, 0.29) is 6.09 Å². The topological polar surface area (TPSA) is 82.0 Å². The van der Waals surface area contributed by atoms with Crippen LogP contribution in [-0.4, -0.2) is 57.3 Å². The van der Waals surface area contributed by atoms with Gasteiger partial charge in [-0.25, -0.2) is 9.78 Å². The van der Waals surface area contributed by atoms with Crippen LogP contribution in [0.1, 0.15) is 31.9 Å². The van der Waals surface area contributed by atoms with E-state index in [1.54, 1.807) is 11.2 Å². The molecule has 1 amide bonds. The highest BCUT2D eigenvalue weighted by atomic mass is 16.6. The number of hydrogen-bond donors (Lipinski definition) is 0. The molecule has 0 bridgehead atoms. The molecule has 1 aliphatic heterocycles. The van der Waals surface area contributed by atoms with Crippen molar-refractivity contribution in [1.82, 2.24) is 19.4 Å². The normalized spacial score (nSPS) is 13.6. The smallest absolute Gasteiger partial charge is 0.410 e. The molecular formula is C35H37N5O4. The molecule has 3 heterocycles. The van der Waals surface area contributed by atoms with E-state index in [1.165, 1.54) is 0 Å². The molecule has 226 valence electrons. The molecule has 0 unspecified atom stereocenters. The number of anilines is 1. The lowest BCUT2D eigenvalue weighted by molar-refractivity contribution is 0.0240. The van der Waals surface area contributed by atoms with Crippen molar-refractivity contribution in [2.75, 3.05) is 31.1 Å². The molecule has 9 heteroatoms. The Bertz CT molecular complexity index is 1710. The van der Waals surface area contributed by atoms with Crippen LogP contribution in [0.4, 0.5) is 10.5 Å². The molecule has 0 aliphatic carbocycles. The number of carbonyl (C=O) groups excluding carboxylic acids is 1. The molecule has 2 aromatic heterocycles. The van der Waals surface area contributed by atoms with Crippen LogP contribution in [0.3, 0.4) is 0 Å². The van der Waals surface area contributed by atoms with Crippen molar-refractivity contribution in [3.63, 3.8) is 0 Å². The standard InChI is InChI=1S/C35H37N5O4/c1-35(2,3)44-34(41)39-20-18-38(19-21-39)28-14-15-30-29(22-28)36-25-40(30)31-16-17-32(42-23-26-10-6-4-7-11-26)37-33(31)43-24-27-12-8-5-9-13-27/h4-17,22,25H,18-21,23-24H2,1-3H3. The molecule has 0 spiro atoms. The molecule has 0 atom stereocenters. The van der Waals surface area contributed by atoms with Crippen LogP contribution in [0.25, 0.3) is 16.7 Å². The third-order valence-corrected chi connectivity index (χ3v) is 7.35. The molecule has 0 saturated carbocycles. The number of amides is 1.